The third-order valence-corrected chi connectivity index (χ3v) is 2.45. The van der Waals surface area contributed by atoms with Crippen LogP contribution < -0.4 is 5.73 Å². The van der Waals surface area contributed by atoms with E-state index < -0.39 is 0 Å². The molecule has 0 aliphatic heterocycles. The Morgan fingerprint density at radius 2 is 2.00 bits per heavy atom. The summed E-state index contributed by atoms with van der Waals surface area (Å²) in [6.07, 6.45) is 0. The van der Waals surface area contributed by atoms with E-state index in [1.807, 2.05) is 0 Å². The average molecular weight is 244 g/mol. The van der Waals surface area contributed by atoms with E-state index in [0.29, 0.717) is 22.9 Å². The molecule has 0 aliphatic rings. The van der Waals surface area contributed by atoms with Gasteiger partial charge in [0, 0.05) is 5.56 Å². The lowest BCUT2D eigenvalue weighted by Gasteiger charge is -1.96. The predicted molar refractivity (Wildman–Crippen MR) is 63.9 cm³/mol. The van der Waals surface area contributed by atoms with Crippen molar-refractivity contribution in [2.75, 3.05) is 5.73 Å². The quantitative estimate of drug-likeness (QED) is 0.725. The van der Waals surface area contributed by atoms with Crippen molar-refractivity contribution >= 4 is 5.95 Å². The number of aromatic nitrogens is 3. The van der Waals surface area contributed by atoms with Gasteiger partial charge in [-0.05, 0) is 24.3 Å². The number of halogens is 1. The van der Waals surface area contributed by atoms with Gasteiger partial charge in [0.25, 0.3) is 0 Å². The lowest BCUT2D eigenvalue weighted by atomic mass is 10.2. The second kappa shape index (κ2) is 3.99. The smallest absolute Gasteiger partial charge is 0.239 e. The van der Waals surface area contributed by atoms with Gasteiger partial charge < -0.3 is 10.2 Å². The number of nitrogen functional groups attached to an aromatic ring is 1. The molecule has 3 N–H and O–H groups in total. The summed E-state index contributed by atoms with van der Waals surface area (Å²) in [5, 5.41) is 6.35. The summed E-state index contributed by atoms with van der Waals surface area (Å²) in [7, 11) is 0. The third-order valence-electron chi connectivity index (χ3n) is 2.45. The minimum absolute atomic E-state index is 0.147. The Morgan fingerprint density at radius 3 is 2.72 bits per heavy atom. The maximum absolute atomic E-state index is 13.1. The number of H-pyrrole nitrogens is 1. The number of hydrogen-bond donors (Lipinski definition) is 2. The van der Waals surface area contributed by atoms with E-state index in [-0.39, 0.29) is 11.8 Å². The number of aromatic amines is 1. The number of anilines is 1. The molecule has 0 saturated carbocycles. The van der Waals surface area contributed by atoms with Crippen molar-refractivity contribution in [1.82, 2.24) is 15.2 Å². The highest BCUT2D eigenvalue weighted by Crippen LogP contribution is 2.27. The largest absolute Gasteiger partial charge is 0.453 e. The highest BCUT2D eigenvalue weighted by atomic mass is 19.1. The second-order valence-corrected chi connectivity index (χ2v) is 3.72. The zero-order valence-electron chi connectivity index (χ0n) is 9.22. The molecule has 0 amide bonds. The summed E-state index contributed by atoms with van der Waals surface area (Å²) < 4.78 is 18.7. The average Bonchev–Trinajstić information content (AvgIpc) is 2.97. The minimum atomic E-state index is -0.311. The van der Waals surface area contributed by atoms with Crippen LogP contribution in [0.15, 0.2) is 40.8 Å². The maximum Gasteiger partial charge on any atom is 0.239 e. The van der Waals surface area contributed by atoms with Crippen molar-refractivity contribution in [3.8, 4) is 22.9 Å². The van der Waals surface area contributed by atoms with Crippen LogP contribution in [0.2, 0.25) is 0 Å². The van der Waals surface area contributed by atoms with Gasteiger partial charge in [-0.15, -0.1) is 5.10 Å². The van der Waals surface area contributed by atoms with Gasteiger partial charge in [0.15, 0.2) is 11.6 Å². The fraction of sp³-hybridized carbons (Fsp3) is 0. The van der Waals surface area contributed by atoms with Gasteiger partial charge in [-0.25, -0.2) is 4.39 Å². The molecule has 0 fully saturated rings. The summed E-state index contributed by atoms with van der Waals surface area (Å²) in [6.45, 7) is 0. The zero-order chi connectivity index (χ0) is 12.5. The molecule has 0 spiro atoms. The fourth-order valence-corrected chi connectivity index (χ4v) is 1.65. The third kappa shape index (κ3) is 1.84. The summed E-state index contributed by atoms with van der Waals surface area (Å²) in [5.74, 6) is 1.33. The van der Waals surface area contributed by atoms with E-state index >= 15 is 0 Å². The van der Waals surface area contributed by atoms with Gasteiger partial charge in [-0.2, -0.15) is 4.98 Å². The van der Waals surface area contributed by atoms with E-state index in [1.54, 1.807) is 24.3 Å². The van der Waals surface area contributed by atoms with Crippen molar-refractivity contribution in [3.63, 3.8) is 0 Å². The van der Waals surface area contributed by atoms with Crippen LogP contribution in [-0.2, 0) is 0 Å². The molecule has 90 valence electrons. The summed E-state index contributed by atoms with van der Waals surface area (Å²) >= 11 is 0. The Hall–Kier alpha value is -2.63. The van der Waals surface area contributed by atoms with Crippen LogP contribution in [-0.4, -0.2) is 15.2 Å². The summed E-state index contributed by atoms with van der Waals surface area (Å²) in [4.78, 5) is 3.95. The van der Waals surface area contributed by atoms with Gasteiger partial charge in [0.2, 0.25) is 5.95 Å². The highest BCUT2D eigenvalue weighted by Gasteiger charge is 2.10. The van der Waals surface area contributed by atoms with Crippen molar-refractivity contribution in [1.29, 1.82) is 0 Å². The van der Waals surface area contributed by atoms with E-state index in [9.17, 15) is 4.39 Å². The molecule has 6 heteroatoms. The molecule has 18 heavy (non-hydrogen) atoms. The van der Waals surface area contributed by atoms with Gasteiger partial charge >= 0.3 is 0 Å². The summed E-state index contributed by atoms with van der Waals surface area (Å²) in [5.41, 5.74) is 6.07. The monoisotopic (exact) mass is 244 g/mol. The van der Waals surface area contributed by atoms with E-state index in [0.717, 1.165) is 0 Å². The molecule has 0 saturated heterocycles. The van der Waals surface area contributed by atoms with Gasteiger partial charge in [0.1, 0.15) is 11.6 Å². The first-order valence-electron chi connectivity index (χ1n) is 5.26. The first kappa shape index (κ1) is 10.5. The fourth-order valence-electron chi connectivity index (χ4n) is 1.65. The number of nitrogens with one attached hydrogen (secondary N) is 1. The Kier molecular flexibility index (Phi) is 2.33. The lowest BCUT2D eigenvalue weighted by molar-refractivity contribution is 0.589. The Balaban J connectivity index is 1.99. The van der Waals surface area contributed by atoms with Crippen LogP contribution in [0.5, 0.6) is 0 Å². The van der Waals surface area contributed by atoms with Crippen LogP contribution in [0, 0.1) is 5.82 Å². The van der Waals surface area contributed by atoms with E-state index in [2.05, 4.69) is 15.2 Å². The standard InChI is InChI=1S/C12H9FN4O/c13-8-3-1-2-7(6-8)9-4-5-10(18-9)11-15-12(14)17-16-11/h1-6H,(H3,14,15,16,17). The number of nitrogens with two attached hydrogens (primary N) is 1. The Labute approximate surface area is 101 Å². The predicted octanol–water partition coefficient (Wildman–Crippen LogP) is 2.45. The maximum atomic E-state index is 13.1. The van der Waals surface area contributed by atoms with Crippen molar-refractivity contribution in [2.45, 2.75) is 0 Å². The van der Waals surface area contributed by atoms with Crippen molar-refractivity contribution in [3.05, 3.63) is 42.2 Å². The van der Waals surface area contributed by atoms with E-state index in [1.165, 1.54) is 12.1 Å². The number of nitrogens with zero attached hydrogens (tertiary/aromatic N) is 2. The van der Waals surface area contributed by atoms with Crippen LogP contribution >= 0.6 is 0 Å². The van der Waals surface area contributed by atoms with Crippen LogP contribution in [0.1, 0.15) is 0 Å². The van der Waals surface area contributed by atoms with Gasteiger partial charge in [0.05, 0.1) is 0 Å². The molecule has 0 bridgehead atoms. The molecule has 0 radical (unpaired) electrons. The molecule has 2 heterocycles. The van der Waals surface area contributed by atoms with Crippen LogP contribution in [0.4, 0.5) is 10.3 Å². The van der Waals surface area contributed by atoms with Crippen LogP contribution in [0.25, 0.3) is 22.9 Å². The number of furan rings is 1. The molecule has 3 rings (SSSR count). The van der Waals surface area contributed by atoms with Crippen molar-refractivity contribution in [2.24, 2.45) is 0 Å². The number of benzene rings is 1. The second-order valence-electron chi connectivity index (χ2n) is 3.72. The number of hydrogen-bond acceptors (Lipinski definition) is 4. The minimum Gasteiger partial charge on any atom is -0.453 e. The normalized spacial score (nSPS) is 10.7. The van der Waals surface area contributed by atoms with Gasteiger partial charge in [-0.1, -0.05) is 12.1 Å². The van der Waals surface area contributed by atoms with Crippen LogP contribution in [0.3, 0.4) is 0 Å². The SMILES string of the molecule is Nc1n[nH]c(-c2ccc(-c3cccc(F)c3)o2)n1. The molecular formula is C12H9FN4O. The zero-order valence-corrected chi connectivity index (χ0v) is 9.22. The molecule has 5 nitrogen and oxygen atoms in total. The molecule has 0 atom stereocenters. The number of rotatable bonds is 2. The lowest BCUT2D eigenvalue weighted by Crippen LogP contribution is -1.85. The first-order valence-corrected chi connectivity index (χ1v) is 5.26. The highest BCUT2D eigenvalue weighted by molar-refractivity contribution is 5.61. The molecule has 3 aromatic rings. The topological polar surface area (TPSA) is 80.7 Å². The first-order chi connectivity index (χ1) is 8.72. The van der Waals surface area contributed by atoms with Gasteiger partial charge in [-0.3, -0.25) is 5.10 Å². The molecule has 1 aromatic carbocycles. The molecule has 0 unspecified atom stereocenters. The molecular weight excluding hydrogens is 235 g/mol. The summed E-state index contributed by atoms with van der Waals surface area (Å²) in [6, 6.07) is 9.63. The molecule has 0 aliphatic carbocycles. The Morgan fingerprint density at radius 1 is 1.17 bits per heavy atom. The molecule has 2 aromatic heterocycles. The van der Waals surface area contributed by atoms with Crippen molar-refractivity contribution < 1.29 is 8.81 Å². The Bertz CT molecular complexity index is 689. The van der Waals surface area contributed by atoms with E-state index in [4.69, 9.17) is 10.2 Å².